The van der Waals surface area contributed by atoms with Gasteiger partial charge in [-0.3, -0.25) is 4.79 Å². The van der Waals surface area contributed by atoms with Gasteiger partial charge < -0.3 is 14.8 Å². The molecule has 1 amide bonds. The summed E-state index contributed by atoms with van der Waals surface area (Å²) in [7, 11) is -3.32. The topological polar surface area (TPSA) is 98.8 Å². The molecule has 0 aromatic heterocycles. The van der Waals surface area contributed by atoms with Gasteiger partial charge in [-0.2, -0.15) is 8.78 Å². The number of rotatable bonds is 8. The lowest BCUT2D eigenvalue weighted by Gasteiger charge is -2.18. The second kappa shape index (κ2) is 10.2. The van der Waals surface area contributed by atoms with Gasteiger partial charge in [-0.1, -0.05) is 36.4 Å². The van der Waals surface area contributed by atoms with Crippen molar-refractivity contribution < 1.29 is 36.3 Å². The maximum absolute atomic E-state index is 12.9. The van der Waals surface area contributed by atoms with E-state index in [0.29, 0.717) is 17.0 Å². The molecule has 3 aromatic carbocycles. The van der Waals surface area contributed by atoms with Crippen molar-refractivity contribution in [3.63, 3.8) is 0 Å². The number of ether oxygens (including phenoxy) is 2. The monoisotopic (exact) mass is 475 g/mol. The summed E-state index contributed by atoms with van der Waals surface area (Å²) in [6, 6.07) is 18.7. The van der Waals surface area contributed by atoms with E-state index in [-0.39, 0.29) is 5.56 Å². The molecule has 0 saturated carbocycles. The highest BCUT2D eigenvalue weighted by Crippen LogP contribution is 2.24. The van der Waals surface area contributed by atoms with Crippen LogP contribution < -0.4 is 10.1 Å². The third-order valence-electron chi connectivity index (χ3n) is 4.56. The summed E-state index contributed by atoms with van der Waals surface area (Å²) >= 11 is 0. The molecular weight excluding hydrogens is 456 g/mol. The van der Waals surface area contributed by atoms with Crippen molar-refractivity contribution >= 4 is 27.4 Å². The Morgan fingerprint density at radius 2 is 1.58 bits per heavy atom. The fourth-order valence-electron chi connectivity index (χ4n) is 2.87. The van der Waals surface area contributed by atoms with E-state index in [4.69, 9.17) is 9.47 Å². The zero-order chi connectivity index (χ0) is 24.0. The van der Waals surface area contributed by atoms with Crippen molar-refractivity contribution in [2.75, 3.05) is 12.4 Å². The first-order chi connectivity index (χ1) is 15.7. The highest BCUT2D eigenvalue weighted by Gasteiger charge is 2.28. The molecule has 0 bridgehead atoms. The molecule has 0 aliphatic carbocycles. The van der Waals surface area contributed by atoms with E-state index in [0.717, 1.165) is 24.3 Å². The van der Waals surface area contributed by atoms with Crippen LogP contribution in [0.3, 0.4) is 0 Å². The summed E-state index contributed by atoms with van der Waals surface area (Å²) in [5.74, 6) is -4.65. The van der Waals surface area contributed by atoms with Gasteiger partial charge in [-0.15, -0.1) is 0 Å². The van der Waals surface area contributed by atoms with Crippen LogP contribution >= 0.6 is 0 Å². The van der Waals surface area contributed by atoms with E-state index in [2.05, 4.69) is 5.32 Å². The summed E-state index contributed by atoms with van der Waals surface area (Å²) in [4.78, 5) is 25.0. The molecule has 1 atom stereocenters. The molecule has 0 aliphatic heterocycles. The van der Waals surface area contributed by atoms with Gasteiger partial charge >= 0.3 is 11.7 Å². The Balaban J connectivity index is 1.83. The molecule has 0 spiro atoms. The van der Waals surface area contributed by atoms with Gasteiger partial charge in [0.1, 0.15) is 5.75 Å². The minimum absolute atomic E-state index is 0.113. The van der Waals surface area contributed by atoms with E-state index in [9.17, 15) is 26.8 Å². The number of methoxy groups -OCH3 is 1. The maximum Gasteiger partial charge on any atom is 0.341 e. The van der Waals surface area contributed by atoms with Gasteiger partial charge in [-0.25, -0.2) is 13.2 Å². The first-order valence-corrected chi connectivity index (χ1v) is 11.1. The number of hydrogen-bond acceptors (Lipinski definition) is 6. The molecule has 0 fully saturated rings. The Morgan fingerprint density at radius 1 is 0.909 bits per heavy atom. The van der Waals surface area contributed by atoms with Crippen LogP contribution in [0.25, 0.3) is 0 Å². The number of sulfone groups is 1. The number of halogens is 2. The van der Waals surface area contributed by atoms with E-state index in [1.807, 2.05) is 0 Å². The van der Waals surface area contributed by atoms with Crippen LogP contribution in [0.5, 0.6) is 5.75 Å². The minimum Gasteiger partial charge on any atom is -0.497 e. The number of esters is 1. The van der Waals surface area contributed by atoms with Gasteiger partial charge in [0.15, 0.2) is 0 Å². The van der Waals surface area contributed by atoms with Crippen LogP contribution in [0.1, 0.15) is 22.0 Å². The third kappa shape index (κ3) is 5.72. The number of benzene rings is 3. The Morgan fingerprint density at radius 3 is 2.18 bits per heavy atom. The SMILES string of the molecule is COc1cccc(NC(=O)[C@H](OC(=O)c2ccc(S(=O)(=O)C(F)F)cc2)c2ccccc2)c1. The number of carbonyl (C=O) groups is 2. The summed E-state index contributed by atoms with van der Waals surface area (Å²) in [5.41, 5.74) is 0.694. The fourth-order valence-corrected chi connectivity index (χ4v) is 3.59. The Labute approximate surface area is 188 Å². The van der Waals surface area contributed by atoms with E-state index < -0.39 is 38.5 Å². The quantitative estimate of drug-likeness (QED) is 0.490. The van der Waals surface area contributed by atoms with Gasteiger partial charge in [0.25, 0.3) is 5.91 Å². The number of amides is 1. The maximum atomic E-state index is 12.9. The summed E-state index contributed by atoms with van der Waals surface area (Å²) in [5, 5.41) is 2.65. The standard InChI is InChI=1S/C23H19F2NO6S/c1-31-18-9-5-8-17(14-18)26-21(27)20(15-6-3-2-4-7-15)32-22(28)16-10-12-19(13-11-16)33(29,30)23(24)25/h2-14,20,23H,1H3,(H,26,27)/t20-/m1/s1. The molecule has 0 aliphatic rings. The molecule has 0 unspecified atom stereocenters. The molecule has 3 aromatic rings. The number of carbonyl (C=O) groups excluding carboxylic acids is 2. The van der Waals surface area contributed by atoms with Crippen molar-refractivity contribution in [1.29, 1.82) is 0 Å². The first-order valence-electron chi connectivity index (χ1n) is 9.55. The highest BCUT2D eigenvalue weighted by molar-refractivity contribution is 7.91. The van der Waals surface area contributed by atoms with Crippen molar-refractivity contribution in [3.05, 3.63) is 90.0 Å². The molecule has 0 radical (unpaired) electrons. The number of nitrogens with one attached hydrogen (secondary N) is 1. The fraction of sp³-hybridized carbons (Fsp3) is 0.130. The second-order valence-electron chi connectivity index (χ2n) is 6.75. The van der Waals surface area contributed by atoms with Crippen LogP contribution in [0.15, 0.2) is 83.8 Å². The highest BCUT2D eigenvalue weighted by atomic mass is 32.2. The Kier molecular flexibility index (Phi) is 7.39. The van der Waals surface area contributed by atoms with Crippen LogP contribution in [-0.4, -0.2) is 33.2 Å². The molecule has 10 heteroatoms. The van der Waals surface area contributed by atoms with Crippen LogP contribution in [0.2, 0.25) is 0 Å². The van der Waals surface area contributed by atoms with Crippen LogP contribution in [-0.2, 0) is 19.4 Å². The molecular formula is C23H19F2NO6S. The van der Waals surface area contributed by atoms with Crippen molar-refractivity contribution in [1.82, 2.24) is 0 Å². The lowest BCUT2D eigenvalue weighted by molar-refractivity contribution is -0.125. The largest absolute Gasteiger partial charge is 0.497 e. The Bertz CT molecular complexity index is 1230. The van der Waals surface area contributed by atoms with E-state index >= 15 is 0 Å². The molecule has 3 rings (SSSR count). The van der Waals surface area contributed by atoms with Crippen molar-refractivity contribution in [2.24, 2.45) is 0 Å². The zero-order valence-corrected chi connectivity index (χ0v) is 18.1. The summed E-state index contributed by atoms with van der Waals surface area (Å²) in [6.07, 6.45) is -1.34. The average molecular weight is 475 g/mol. The van der Waals surface area contributed by atoms with Gasteiger partial charge in [0, 0.05) is 17.3 Å². The van der Waals surface area contributed by atoms with Crippen molar-refractivity contribution in [2.45, 2.75) is 16.8 Å². The normalized spacial score (nSPS) is 12.1. The molecule has 33 heavy (non-hydrogen) atoms. The summed E-state index contributed by atoms with van der Waals surface area (Å²) < 4.78 is 59.0. The predicted molar refractivity (Wildman–Crippen MR) is 116 cm³/mol. The molecule has 0 heterocycles. The summed E-state index contributed by atoms with van der Waals surface area (Å²) in [6.45, 7) is 0. The average Bonchev–Trinajstić information content (AvgIpc) is 2.83. The molecule has 1 N–H and O–H groups in total. The predicted octanol–water partition coefficient (Wildman–Crippen LogP) is 4.23. The number of alkyl halides is 2. The minimum atomic E-state index is -4.80. The third-order valence-corrected chi connectivity index (χ3v) is 5.95. The lowest BCUT2D eigenvalue weighted by Crippen LogP contribution is -2.26. The van der Waals surface area contributed by atoms with Gasteiger partial charge in [-0.05, 0) is 36.4 Å². The number of anilines is 1. The molecule has 7 nitrogen and oxygen atoms in total. The first kappa shape index (κ1) is 23.9. The van der Waals surface area contributed by atoms with Crippen LogP contribution in [0, 0.1) is 0 Å². The van der Waals surface area contributed by atoms with Crippen molar-refractivity contribution in [3.8, 4) is 5.75 Å². The van der Waals surface area contributed by atoms with Crippen LogP contribution in [0.4, 0.5) is 14.5 Å². The van der Waals surface area contributed by atoms with Gasteiger partial charge in [0.05, 0.1) is 17.6 Å². The Hall–Kier alpha value is -3.79. The van der Waals surface area contributed by atoms with E-state index in [1.165, 1.54) is 7.11 Å². The van der Waals surface area contributed by atoms with E-state index in [1.54, 1.807) is 54.6 Å². The zero-order valence-electron chi connectivity index (χ0n) is 17.3. The lowest BCUT2D eigenvalue weighted by atomic mass is 10.1. The van der Waals surface area contributed by atoms with Gasteiger partial charge in [0.2, 0.25) is 15.9 Å². The number of hydrogen-bond donors (Lipinski definition) is 1. The second-order valence-corrected chi connectivity index (χ2v) is 8.67. The molecule has 172 valence electrons. The molecule has 0 saturated heterocycles. The smallest absolute Gasteiger partial charge is 0.341 e.